The fraction of sp³-hybridized carbons (Fsp3) is 0.133. The van der Waals surface area contributed by atoms with Crippen LogP contribution >= 0.6 is 11.6 Å². The van der Waals surface area contributed by atoms with Crippen LogP contribution in [0, 0.1) is 6.92 Å². The van der Waals surface area contributed by atoms with E-state index < -0.39 is 6.04 Å². The van der Waals surface area contributed by atoms with Crippen molar-refractivity contribution in [2.45, 2.75) is 13.0 Å². The maximum Gasteiger partial charge on any atom is 0.245 e. The van der Waals surface area contributed by atoms with Crippen LogP contribution in [0.3, 0.4) is 0 Å². The quantitative estimate of drug-likeness (QED) is 0.902. The maximum atomic E-state index is 12.1. The fourth-order valence-corrected chi connectivity index (χ4v) is 2.07. The Morgan fingerprint density at radius 1 is 1.16 bits per heavy atom. The molecule has 0 aromatic heterocycles. The Kier molecular flexibility index (Phi) is 4.20. The van der Waals surface area contributed by atoms with Crippen molar-refractivity contribution in [2.24, 2.45) is 5.73 Å². The highest BCUT2D eigenvalue weighted by Gasteiger charge is 2.17. The Morgan fingerprint density at radius 3 is 2.47 bits per heavy atom. The van der Waals surface area contributed by atoms with Crippen LogP contribution < -0.4 is 11.1 Å². The molecule has 0 heterocycles. The van der Waals surface area contributed by atoms with Gasteiger partial charge >= 0.3 is 0 Å². The number of nitrogens with one attached hydrogen (secondary N) is 1. The average molecular weight is 275 g/mol. The van der Waals surface area contributed by atoms with Crippen molar-refractivity contribution in [1.82, 2.24) is 0 Å². The van der Waals surface area contributed by atoms with Crippen LogP contribution in [0.15, 0.2) is 48.5 Å². The third kappa shape index (κ3) is 3.13. The zero-order valence-electron chi connectivity index (χ0n) is 10.6. The van der Waals surface area contributed by atoms with E-state index in [1.165, 1.54) is 0 Å². The van der Waals surface area contributed by atoms with E-state index in [9.17, 15) is 4.79 Å². The highest BCUT2D eigenvalue weighted by atomic mass is 35.5. The molecular weight excluding hydrogens is 260 g/mol. The molecule has 0 saturated carbocycles. The smallest absolute Gasteiger partial charge is 0.245 e. The Hall–Kier alpha value is -1.84. The van der Waals surface area contributed by atoms with E-state index >= 15 is 0 Å². The number of hydrogen-bond acceptors (Lipinski definition) is 2. The van der Waals surface area contributed by atoms with Crippen LogP contribution in [0.4, 0.5) is 5.69 Å². The highest BCUT2D eigenvalue weighted by molar-refractivity contribution is 6.34. The lowest BCUT2D eigenvalue weighted by atomic mass is 10.1. The van der Waals surface area contributed by atoms with Crippen molar-refractivity contribution < 1.29 is 4.79 Å². The van der Waals surface area contributed by atoms with Crippen molar-refractivity contribution in [1.29, 1.82) is 0 Å². The lowest BCUT2D eigenvalue weighted by Crippen LogP contribution is -2.28. The van der Waals surface area contributed by atoms with Crippen molar-refractivity contribution in [3.63, 3.8) is 0 Å². The number of nitrogens with two attached hydrogens (primary N) is 1. The first-order valence-corrected chi connectivity index (χ1v) is 6.34. The minimum Gasteiger partial charge on any atom is -0.323 e. The summed E-state index contributed by atoms with van der Waals surface area (Å²) in [5.41, 5.74) is 8.22. The molecule has 1 amide bonds. The summed E-state index contributed by atoms with van der Waals surface area (Å²) in [5.74, 6) is -0.276. The molecule has 3 N–H and O–H groups in total. The minimum atomic E-state index is -0.711. The zero-order chi connectivity index (χ0) is 13.8. The van der Waals surface area contributed by atoms with Gasteiger partial charge in [0.05, 0.1) is 10.7 Å². The lowest BCUT2D eigenvalue weighted by Gasteiger charge is -2.15. The number of rotatable bonds is 3. The van der Waals surface area contributed by atoms with Crippen LogP contribution in [0.2, 0.25) is 5.02 Å². The second-order valence-electron chi connectivity index (χ2n) is 4.31. The predicted molar refractivity (Wildman–Crippen MR) is 78.2 cm³/mol. The molecule has 0 radical (unpaired) electrons. The third-order valence-corrected chi connectivity index (χ3v) is 3.23. The maximum absolute atomic E-state index is 12.1. The second kappa shape index (κ2) is 5.87. The van der Waals surface area contributed by atoms with Crippen LogP contribution in [-0.2, 0) is 4.79 Å². The van der Waals surface area contributed by atoms with Gasteiger partial charge in [-0.05, 0) is 24.1 Å². The van der Waals surface area contributed by atoms with Gasteiger partial charge in [-0.15, -0.1) is 0 Å². The van der Waals surface area contributed by atoms with Gasteiger partial charge in [0, 0.05) is 0 Å². The molecule has 0 aliphatic rings. The Balaban J connectivity index is 2.18. The summed E-state index contributed by atoms with van der Waals surface area (Å²) in [4.78, 5) is 12.1. The summed E-state index contributed by atoms with van der Waals surface area (Å²) in [7, 11) is 0. The summed E-state index contributed by atoms with van der Waals surface area (Å²) in [6, 6.07) is 14.0. The van der Waals surface area contributed by atoms with Gasteiger partial charge in [0.1, 0.15) is 6.04 Å². The summed E-state index contributed by atoms with van der Waals surface area (Å²) in [5, 5.41) is 3.29. The van der Waals surface area contributed by atoms with Crippen LogP contribution in [0.1, 0.15) is 17.2 Å². The summed E-state index contributed by atoms with van der Waals surface area (Å²) >= 11 is 6.07. The van der Waals surface area contributed by atoms with E-state index in [4.69, 9.17) is 17.3 Å². The number of carbonyl (C=O) groups excluding carboxylic acids is 1. The second-order valence-corrected chi connectivity index (χ2v) is 4.72. The number of amides is 1. The molecule has 0 spiro atoms. The summed E-state index contributed by atoms with van der Waals surface area (Å²) in [6.45, 7) is 1.88. The Morgan fingerprint density at radius 2 is 1.84 bits per heavy atom. The van der Waals surface area contributed by atoms with Crippen molar-refractivity contribution >= 4 is 23.2 Å². The molecule has 1 atom stereocenters. The predicted octanol–water partition coefficient (Wildman–Crippen LogP) is 3.29. The molecule has 0 unspecified atom stereocenters. The normalized spacial score (nSPS) is 11.9. The fourth-order valence-electron chi connectivity index (χ4n) is 1.80. The SMILES string of the molecule is Cc1cccc(Cl)c1NC(=O)[C@H](N)c1ccccc1. The average Bonchev–Trinajstić information content (AvgIpc) is 2.43. The molecule has 0 bridgehead atoms. The number of carbonyl (C=O) groups is 1. The monoisotopic (exact) mass is 274 g/mol. The summed E-state index contributed by atoms with van der Waals surface area (Å²) in [6.07, 6.45) is 0. The largest absolute Gasteiger partial charge is 0.323 e. The van der Waals surface area contributed by atoms with Gasteiger partial charge < -0.3 is 11.1 Å². The zero-order valence-corrected chi connectivity index (χ0v) is 11.3. The molecule has 2 aromatic carbocycles. The molecule has 98 valence electrons. The molecule has 4 heteroatoms. The lowest BCUT2D eigenvalue weighted by molar-refractivity contribution is -0.117. The Bertz CT molecular complexity index is 564. The van der Waals surface area contributed by atoms with E-state index in [-0.39, 0.29) is 5.91 Å². The highest BCUT2D eigenvalue weighted by Crippen LogP contribution is 2.26. The number of aryl methyl sites for hydroxylation is 1. The van der Waals surface area contributed by atoms with Gasteiger partial charge in [-0.25, -0.2) is 0 Å². The molecule has 0 saturated heterocycles. The van der Waals surface area contributed by atoms with Crippen molar-refractivity contribution in [2.75, 3.05) is 5.32 Å². The summed E-state index contributed by atoms with van der Waals surface area (Å²) < 4.78 is 0. The van der Waals surface area contributed by atoms with Gasteiger partial charge in [0.2, 0.25) is 5.91 Å². The topological polar surface area (TPSA) is 55.1 Å². The van der Waals surface area contributed by atoms with E-state index in [1.54, 1.807) is 6.07 Å². The molecular formula is C15H15ClN2O. The number of anilines is 1. The molecule has 0 aliphatic carbocycles. The van der Waals surface area contributed by atoms with Crippen LogP contribution in [-0.4, -0.2) is 5.91 Å². The first kappa shape index (κ1) is 13.6. The first-order valence-electron chi connectivity index (χ1n) is 5.96. The van der Waals surface area contributed by atoms with Crippen LogP contribution in [0.25, 0.3) is 0 Å². The molecule has 3 nitrogen and oxygen atoms in total. The Labute approximate surface area is 117 Å². The first-order chi connectivity index (χ1) is 9.09. The van der Waals surface area contributed by atoms with Gasteiger partial charge in [0.15, 0.2) is 0 Å². The van der Waals surface area contributed by atoms with Gasteiger partial charge in [-0.1, -0.05) is 54.1 Å². The third-order valence-electron chi connectivity index (χ3n) is 2.91. The number of hydrogen-bond donors (Lipinski definition) is 2. The molecule has 0 aliphatic heterocycles. The van der Waals surface area contributed by atoms with E-state index in [0.29, 0.717) is 10.7 Å². The molecule has 2 aromatic rings. The van der Waals surface area contributed by atoms with Crippen molar-refractivity contribution in [3.05, 3.63) is 64.7 Å². The van der Waals surface area contributed by atoms with Gasteiger partial charge in [0.25, 0.3) is 0 Å². The number of benzene rings is 2. The van der Waals surface area contributed by atoms with Gasteiger partial charge in [-0.2, -0.15) is 0 Å². The number of para-hydroxylation sites is 1. The van der Waals surface area contributed by atoms with Gasteiger partial charge in [-0.3, -0.25) is 4.79 Å². The molecule has 0 fully saturated rings. The van der Waals surface area contributed by atoms with E-state index in [0.717, 1.165) is 11.1 Å². The number of halogens is 1. The van der Waals surface area contributed by atoms with Crippen molar-refractivity contribution in [3.8, 4) is 0 Å². The standard InChI is InChI=1S/C15H15ClN2O/c1-10-6-5-9-12(16)14(10)18-15(19)13(17)11-7-3-2-4-8-11/h2-9,13H,17H2,1H3,(H,18,19)/t13-/m1/s1. The van der Waals surface area contributed by atoms with E-state index in [2.05, 4.69) is 5.32 Å². The van der Waals surface area contributed by atoms with Crippen LogP contribution in [0.5, 0.6) is 0 Å². The molecule has 19 heavy (non-hydrogen) atoms. The molecule has 2 rings (SSSR count). The minimum absolute atomic E-state index is 0.276. The van der Waals surface area contributed by atoms with E-state index in [1.807, 2.05) is 49.4 Å².